The van der Waals surface area contributed by atoms with Gasteiger partial charge in [0.1, 0.15) is 5.75 Å². The second-order valence-electron chi connectivity index (χ2n) is 5.23. The van der Waals surface area contributed by atoms with Gasteiger partial charge in [-0.3, -0.25) is 0 Å². The largest absolute Gasteiger partial charge is 0.493 e. The van der Waals surface area contributed by atoms with Crippen LogP contribution in [0.5, 0.6) is 5.75 Å². The minimum atomic E-state index is 0.792. The molecule has 19 heavy (non-hydrogen) atoms. The Kier molecular flexibility index (Phi) is 7.53. The lowest BCUT2D eigenvalue weighted by atomic mass is 10.1. The molecule has 1 aromatic rings. The molecule has 0 amide bonds. The van der Waals surface area contributed by atoms with E-state index in [-0.39, 0.29) is 0 Å². The van der Waals surface area contributed by atoms with Gasteiger partial charge < -0.3 is 15.0 Å². The molecule has 0 aliphatic carbocycles. The van der Waals surface area contributed by atoms with Gasteiger partial charge in [-0.1, -0.05) is 12.1 Å². The summed E-state index contributed by atoms with van der Waals surface area (Å²) in [5.41, 5.74) is 2.47. The molecular weight excluding hydrogens is 236 g/mol. The molecule has 0 unspecified atom stereocenters. The molecule has 0 aliphatic rings. The third kappa shape index (κ3) is 6.60. The van der Waals surface area contributed by atoms with Crippen molar-refractivity contribution in [3.63, 3.8) is 0 Å². The van der Waals surface area contributed by atoms with Crippen LogP contribution in [0.1, 0.15) is 24.0 Å². The maximum Gasteiger partial charge on any atom is 0.122 e. The molecule has 0 spiro atoms. The zero-order chi connectivity index (χ0) is 14.1. The number of rotatable bonds is 9. The van der Waals surface area contributed by atoms with Crippen LogP contribution in [0.2, 0.25) is 0 Å². The second kappa shape index (κ2) is 8.94. The molecule has 0 bridgehead atoms. The zero-order valence-electron chi connectivity index (χ0n) is 12.8. The lowest BCUT2D eigenvalue weighted by Gasteiger charge is -2.17. The summed E-state index contributed by atoms with van der Waals surface area (Å²) in [5, 5.41) is 3.17. The van der Waals surface area contributed by atoms with Gasteiger partial charge in [0, 0.05) is 6.54 Å². The van der Waals surface area contributed by atoms with Gasteiger partial charge in [0.25, 0.3) is 0 Å². The first-order valence-corrected chi connectivity index (χ1v) is 7.16. The normalized spacial score (nSPS) is 11.0. The molecule has 0 heterocycles. The summed E-state index contributed by atoms with van der Waals surface area (Å²) < 4.78 is 5.85. The van der Waals surface area contributed by atoms with Crippen molar-refractivity contribution >= 4 is 0 Å². The number of hydrogen-bond acceptors (Lipinski definition) is 3. The summed E-state index contributed by atoms with van der Waals surface area (Å²) in [6, 6.07) is 6.36. The highest BCUT2D eigenvalue weighted by Gasteiger charge is 2.01. The van der Waals surface area contributed by atoms with Gasteiger partial charge in [-0.15, -0.1) is 0 Å². The number of hydrogen-bond donors (Lipinski definition) is 1. The maximum atomic E-state index is 5.85. The van der Waals surface area contributed by atoms with E-state index in [0.717, 1.165) is 38.4 Å². The number of nitrogens with zero attached hydrogens (tertiary/aromatic N) is 1. The van der Waals surface area contributed by atoms with Gasteiger partial charge in [0.15, 0.2) is 0 Å². The first-order valence-electron chi connectivity index (χ1n) is 7.16. The Labute approximate surface area is 118 Å². The van der Waals surface area contributed by atoms with E-state index in [1.165, 1.54) is 17.5 Å². The van der Waals surface area contributed by atoms with Crippen LogP contribution in [0.3, 0.4) is 0 Å². The minimum Gasteiger partial charge on any atom is -0.493 e. The van der Waals surface area contributed by atoms with Crippen molar-refractivity contribution in [1.29, 1.82) is 0 Å². The SMILES string of the molecule is CNCCCN(C)CCCOc1cc(C)ccc1C. The van der Waals surface area contributed by atoms with E-state index in [9.17, 15) is 0 Å². The lowest BCUT2D eigenvalue weighted by molar-refractivity contribution is 0.260. The van der Waals surface area contributed by atoms with E-state index in [1.807, 2.05) is 7.05 Å². The molecule has 0 fully saturated rings. The van der Waals surface area contributed by atoms with Crippen LogP contribution in [-0.2, 0) is 0 Å². The summed E-state index contributed by atoms with van der Waals surface area (Å²) in [4.78, 5) is 2.36. The van der Waals surface area contributed by atoms with Gasteiger partial charge in [-0.2, -0.15) is 0 Å². The predicted octanol–water partition coefficient (Wildman–Crippen LogP) is 2.61. The lowest BCUT2D eigenvalue weighted by Crippen LogP contribution is -2.24. The van der Waals surface area contributed by atoms with Crippen molar-refractivity contribution in [2.24, 2.45) is 0 Å². The van der Waals surface area contributed by atoms with E-state index >= 15 is 0 Å². The van der Waals surface area contributed by atoms with Gasteiger partial charge in [-0.05, 0) is 71.1 Å². The Morgan fingerprint density at radius 2 is 1.89 bits per heavy atom. The number of nitrogens with one attached hydrogen (secondary N) is 1. The highest BCUT2D eigenvalue weighted by Crippen LogP contribution is 2.19. The van der Waals surface area contributed by atoms with Gasteiger partial charge in [0.05, 0.1) is 6.61 Å². The molecular formula is C16H28N2O. The van der Waals surface area contributed by atoms with Gasteiger partial charge in [-0.25, -0.2) is 0 Å². The van der Waals surface area contributed by atoms with Crippen LogP contribution in [0, 0.1) is 13.8 Å². The fourth-order valence-corrected chi connectivity index (χ4v) is 2.02. The fraction of sp³-hybridized carbons (Fsp3) is 0.625. The average molecular weight is 264 g/mol. The van der Waals surface area contributed by atoms with Crippen molar-refractivity contribution in [2.75, 3.05) is 40.3 Å². The Morgan fingerprint density at radius 3 is 2.63 bits per heavy atom. The number of ether oxygens (including phenoxy) is 1. The fourth-order valence-electron chi connectivity index (χ4n) is 2.02. The summed E-state index contributed by atoms with van der Waals surface area (Å²) in [7, 11) is 4.17. The van der Waals surface area contributed by atoms with E-state index in [2.05, 4.69) is 49.3 Å². The topological polar surface area (TPSA) is 24.5 Å². The Hall–Kier alpha value is -1.06. The van der Waals surface area contributed by atoms with E-state index in [1.54, 1.807) is 0 Å². The van der Waals surface area contributed by atoms with Crippen LogP contribution in [0.4, 0.5) is 0 Å². The van der Waals surface area contributed by atoms with Crippen LogP contribution in [-0.4, -0.2) is 45.2 Å². The standard InChI is InChI=1S/C16H28N2O/c1-14-7-8-15(2)16(13-14)19-12-6-11-18(4)10-5-9-17-3/h7-8,13,17H,5-6,9-12H2,1-4H3. The van der Waals surface area contributed by atoms with Crippen LogP contribution in [0.15, 0.2) is 18.2 Å². The average Bonchev–Trinajstić information content (AvgIpc) is 2.39. The third-order valence-electron chi connectivity index (χ3n) is 3.25. The smallest absolute Gasteiger partial charge is 0.122 e. The van der Waals surface area contributed by atoms with Crippen molar-refractivity contribution < 1.29 is 4.74 Å². The Morgan fingerprint density at radius 1 is 1.16 bits per heavy atom. The highest BCUT2D eigenvalue weighted by atomic mass is 16.5. The quantitative estimate of drug-likeness (QED) is 0.694. The van der Waals surface area contributed by atoms with Crippen molar-refractivity contribution in [1.82, 2.24) is 10.2 Å². The molecule has 0 aromatic heterocycles. The molecule has 1 aromatic carbocycles. The van der Waals surface area contributed by atoms with Crippen molar-refractivity contribution in [2.45, 2.75) is 26.7 Å². The van der Waals surface area contributed by atoms with Crippen molar-refractivity contribution in [3.8, 4) is 5.75 Å². The summed E-state index contributed by atoms with van der Waals surface area (Å²) in [6.45, 7) is 8.31. The molecule has 108 valence electrons. The maximum absolute atomic E-state index is 5.85. The number of aryl methyl sites for hydroxylation is 2. The number of benzene rings is 1. The Balaban J connectivity index is 2.18. The zero-order valence-corrected chi connectivity index (χ0v) is 12.8. The molecule has 3 heteroatoms. The molecule has 3 nitrogen and oxygen atoms in total. The Bertz CT molecular complexity index is 366. The molecule has 1 N–H and O–H groups in total. The summed E-state index contributed by atoms with van der Waals surface area (Å²) in [6.07, 6.45) is 2.27. The van der Waals surface area contributed by atoms with Gasteiger partial charge >= 0.3 is 0 Å². The second-order valence-corrected chi connectivity index (χ2v) is 5.23. The van der Waals surface area contributed by atoms with E-state index in [0.29, 0.717) is 0 Å². The monoisotopic (exact) mass is 264 g/mol. The molecule has 0 radical (unpaired) electrons. The van der Waals surface area contributed by atoms with Crippen molar-refractivity contribution in [3.05, 3.63) is 29.3 Å². The predicted molar refractivity (Wildman–Crippen MR) is 82.1 cm³/mol. The first kappa shape index (κ1) is 16.0. The van der Waals surface area contributed by atoms with E-state index < -0.39 is 0 Å². The van der Waals surface area contributed by atoms with E-state index in [4.69, 9.17) is 4.74 Å². The molecule has 0 saturated carbocycles. The molecule has 1 rings (SSSR count). The van der Waals surface area contributed by atoms with Crippen LogP contribution >= 0.6 is 0 Å². The van der Waals surface area contributed by atoms with Gasteiger partial charge in [0.2, 0.25) is 0 Å². The van der Waals surface area contributed by atoms with Crippen LogP contribution in [0.25, 0.3) is 0 Å². The highest BCUT2D eigenvalue weighted by molar-refractivity contribution is 5.35. The molecule has 0 aliphatic heterocycles. The summed E-state index contributed by atoms with van der Waals surface area (Å²) in [5.74, 6) is 1.03. The molecule has 0 saturated heterocycles. The van der Waals surface area contributed by atoms with Crippen LogP contribution < -0.4 is 10.1 Å². The third-order valence-corrected chi connectivity index (χ3v) is 3.25. The summed E-state index contributed by atoms with van der Waals surface area (Å²) >= 11 is 0. The minimum absolute atomic E-state index is 0.792. The first-order chi connectivity index (χ1) is 9.13. The molecule has 0 atom stereocenters.